The Morgan fingerprint density at radius 2 is 2.22 bits per heavy atom. The van der Waals surface area contributed by atoms with Gasteiger partial charge in [0.05, 0.1) is 19.8 Å². The summed E-state index contributed by atoms with van der Waals surface area (Å²) in [5.41, 5.74) is 0. The molecule has 2 amide bonds. The first-order valence-corrected chi connectivity index (χ1v) is 9.53. The number of hydrogen-bond donors (Lipinski definition) is 1. The normalized spacial score (nSPS) is 15.5. The summed E-state index contributed by atoms with van der Waals surface area (Å²) in [5.74, 6) is 0. The van der Waals surface area contributed by atoms with E-state index in [4.69, 9.17) is 4.74 Å². The highest BCUT2D eigenvalue weighted by molar-refractivity contribution is 7.09. The molecule has 0 spiro atoms. The van der Waals surface area contributed by atoms with E-state index in [-0.39, 0.29) is 6.03 Å². The highest BCUT2D eigenvalue weighted by Gasteiger charge is 2.15. The first-order chi connectivity index (χ1) is 11.3. The molecule has 2 rings (SSSR count). The van der Waals surface area contributed by atoms with Crippen molar-refractivity contribution in [1.82, 2.24) is 15.1 Å². The number of hydrogen-bond acceptors (Lipinski definition) is 4. The first-order valence-electron chi connectivity index (χ1n) is 8.65. The highest BCUT2D eigenvalue weighted by Crippen LogP contribution is 2.12. The SMILES string of the molecule is CCCCNC(=O)N(CCCN1CCOCC1)Cc1cccs1. The first kappa shape index (κ1) is 18.2. The lowest BCUT2D eigenvalue weighted by molar-refractivity contribution is 0.0364. The average molecular weight is 340 g/mol. The van der Waals surface area contributed by atoms with Crippen molar-refractivity contribution in [2.75, 3.05) is 45.9 Å². The number of urea groups is 1. The van der Waals surface area contributed by atoms with Crippen molar-refractivity contribution in [3.63, 3.8) is 0 Å². The summed E-state index contributed by atoms with van der Waals surface area (Å²) in [6.07, 6.45) is 3.14. The van der Waals surface area contributed by atoms with Gasteiger partial charge in [-0.05, 0) is 24.3 Å². The van der Waals surface area contributed by atoms with Crippen LogP contribution in [0.15, 0.2) is 17.5 Å². The molecule has 0 aromatic carbocycles. The maximum Gasteiger partial charge on any atom is 0.317 e. The van der Waals surface area contributed by atoms with E-state index in [1.807, 2.05) is 11.0 Å². The third-order valence-corrected chi connectivity index (χ3v) is 4.89. The summed E-state index contributed by atoms with van der Waals surface area (Å²) in [6, 6.07) is 4.20. The molecule has 2 heterocycles. The lowest BCUT2D eigenvalue weighted by atomic mass is 10.3. The molecule has 130 valence electrons. The quantitative estimate of drug-likeness (QED) is 0.704. The number of carbonyl (C=O) groups excluding carboxylic acids is 1. The fraction of sp³-hybridized carbons (Fsp3) is 0.706. The second kappa shape index (κ2) is 10.6. The number of unbranched alkanes of at least 4 members (excludes halogenated alkanes) is 1. The summed E-state index contributed by atoms with van der Waals surface area (Å²) in [5, 5.41) is 5.11. The molecule has 1 aromatic heterocycles. The fourth-order valence-corrected chi connectivity index (χ4v) is 3.36. The van der Waals surface area contributed by atoms with Crippen LogP contribution in [0, 0.1) is 0 Å². The van der Waals surface area contributed by atoms with Crippen LogP contribution in [0.3, 0.4) is 0 Å². The fourth-order valence-electron chi connectivity index (χ4n) is 2.64. The number of nitrogens with zero attached hydrogens (tertiary/aromatic N) is 2. The van der Waals surface area contributed by atoms with E-state index in [9.17, 15) is 4.79 Å². The van der Waals surface area contributed by atoms with E-state index in [0.717, 1.165) is 65.2 Å². The minimum Gasteiger partial charge on any atom is -0.379 e. The number of morpholine rings is 1. The zero-order valence-electron chi connectivity index (χ0n) is 14.1. The minimum atomic E-state index is 0.0637. The molecular formula is C17H29N3O2S. The minimum absolute atomic E-state index is 0.0637. The van der Waals surface area contributed by atoms with Crippen molar-refractivity contribution in [2.45, 2.75) is 32.7 Å². The van der Waals surface area contributed by atoms with Gasteiger partial charge in [0.2, 0.25) is 0 Å². The van der Waals surface area contributed by atoms with Crippen molar-refractivity contribution < 1.29 is 9.53 Å². The van der Waals surface area contributed by atoms with Gasteiger partial charge in [-0.15, -0.1) is 11.3 Å². The van der Waals surface area contributed by atoms with Crippen molar-refractivity contribution in [2.24, 2.45) is 0 Å². The zero-order chi connectivity index (χ0) is 16.3. The van der Waals surface area contributed by atoms with Gasteiger partial charge in [-0.1, -0.05) is 19.4 Å². The van der Waals surface area contributed by atoms with Gasteiger partial charge >= 0.3 is 6.03 Å². The molecule has 0 atom stereocenters. The molecule has 1 fully saturated rings. The topological polar surface area (TPSA) is 44.8 Å². The zero-order valence-corrected chi connectivity index (χ0v) is 14.9. The van der Waals surface area contributed by atoms with Gasteiger partial charge in [-0.25, -0.2) is 4.79 Å². The van der Waals surface area contributed by atoms with Gasteiger partial charge < -0.3 is 15.0 Å². The van der Waals surface area contributed by atoms with Gasteiger partial charge in [-0.3, -0.25) is 4.90 Å². The number of thiophene rings is 1. The molecular weight excluding hydrogens is 310 g/mol. The summed E-state index contributed by atoms with van der Waals surface area (Å²) in [6.45, 7) is 9.12. The van der Waals surface area contributed by atoms with Crippen LogP contribution in [-0.2, 0) is 11.3 Å². The number of carbonyl (C=O) groups is 1. The third-order valence-electron chi connectivity index (χ3n) is 4.03. The largest absolute Gasteiger partial charge is 0.379 e. The maximum atomic E-state index is 12.4. The Kier molecular flexibility index (Phi) is 8.42. The summed E-state index contributed by atoms with van der Waals surface area (Å²) >= 11 is 1.71. The maximum absolute atomic E-state index is 12.4. The Labute approximate surface area is 143 Å². The van der Waals surface area contributed by atoms with Crippen LogP contribution in [0.4, 0.5) is 4.79 Å². The second-order valence-corrected chi connectivity index (χ2v) is 6.93. The van der Waals surface area contributed by atoms with Crippen LogP contribution in [-0.4, -0.2) is 61.8 Å². The smallest absolute Gasteiger partial charge is 0.317 e. The molecule has 0 saturated carbocycles. The van der Waals surface area contributed by atoms with Gasteiger partial charge in [0, 0.05) is 37.6 Å². The third kappa shape index (κ3) is 6.89. The molecule has 0 aliphatic carbocycles. The van der Waals surface area contributed by atoms with Gasteiger partial charge in [-0.2, -0.15) is 0 Å². The Morgan fingerprint density at radius 3 is 2.91 bits per heavy atom. The Balaban J connectivity index is 1.78. The number of rotatable bonds is 9. The van der Waals surface area contributed by atoms with E-state index < -0.39 is 0 Å². The molecule has 0 bridgehead atoms. The van der Waals surface area contributed by atoms with Crippen molar-refractivity contribution in [1.29, 1.82) is 0 Å². The van der Waals surface area contributed by atoms with Crippen LogP contribution in [0.2, 0.25) is 0 Å². The standard InChI is InChI=1S/C17H29N3O2S/c1-2-3-7-18-17(21)20(15-16-6-4-14-23-16)9-5-8-19-10-12-22-13-11-19/h4,6,14H,2-3,5,7-13,15H2,1H3,(H,18,21). The van der Waals surface area contributed by atoms with E-state index >= 15 is 0 Å². The molecule has 1 N–H and O–H groups in total. The van der Waals surface area contributed by atoms with Gasteiger partial charge in [0.15, 0.2) is 0 Å². The summed E-state index contributed by atoms with van der Waals surface area (Å²) in [4.78, 5) is 18.0. The Morgan fingerprint density at radius 1 is 1.39 bits per heavy atom. The lowest BCUT2D eigenvalue weighted by Gasteiger charge is -2.28. The second-order valence-electron chi connectivity index (χ2n) is 5.89. The van der Waals surface area contributed by atoms with Gasteiger partial charge in [0.1, 0.15) is 0 Å². The van der Waals surface area contributed by atoms with E-state index in [1.54, 1.807) is 11.3 Å². The predicted molar refractivity (Wildman–Crippen MR) is 94.9 cm³/mol. The lowest BCUT2D eigenvalue weighted by Crippen LogP contribution is -2.42. The molecule has 23 heavy (non-hydrogen) atoms. The summed E-state index contributed by atoms with van der Waals surface area (Å²) < 4.78 is 5.38. The highest BCUT2D eigenvalue weighted by atomic mass is 32.1. The van der Waals surface area contributed by atoms with Crippen molar-refractivity contribution in [3.05, 3.63) is 22.4 Å². The molecule has 1 saturated heterocycles. The van der Waals surface area contributed by atoms with Crippen LogP contribution in [0.25, 0.3) is 0 Å². The Hall–Kier alpha value is -1.11. The van der Waals surface area contributed by atoms with E-state index in [0.29, 0.717) is 6.54 Å². The monoisotopic (exact) mass is 339 g/mol. The van der Waals surface area contributed by atoms with Crippen molar-refractivity contribution >= 4 is 17.4 Å². The van der Waals surface area contributed by atoms with Crippen LogP contribution < -0.4 is 5.32 Å². The molecule has 1 aliphatic heterocycles. The van der Waals surface area contributed by atoms with E-state index in [1.165, 1.54) is 4.88 Å². The molecule has 5 nitrogen and oxygen atoms in total. The molecule has 0 radical (unpaired) electrons. The number of nitrogens with one attached hydrogen (secondary N) is 1. The van der Waals surface area contributed by atoms with Crippen molar-refractivity contribution in [3.8, 4) is 0 Å². The number of amides is 2. The average Bonchev–Trinajstić information content (AvgIpc) is 3.08. The summed E-state index contributed by atoms with van der Waals surface area (Å²) in [7, 11) is 0. The van der Waals surface area contributed by atoms with Gasteiger partial charge in [0.25, 0.3) is 0 Å². The van der Waals surface area contributed by atoms with Crippen LogP contribution in [0.1, 0.15) is 31.1 Å². The number of ether oxygens (including phenoxy) is 1. The molecule has 0 unspecified atom stereocenters. The van der Waals surface area contributed by atoms with Crippen LogP contribution in [0.5, 0.6) is 0 Å². The van der Waals surface area contributed by atoms with Crippen LogP contribution >= 0.6 is 11.3 Å². The Bertz CT molecular complexity index is 433. The molecule has 1 aromatic rings. The molecule has 6 heteroatoms. The predicted octanol–water partition coefficient (Wildman–Crippen LogP) is 2.78. The van der Waals surface area contributed by atoms with E-state index in [2.05, 4.69) is 28.6 Å². The molecule has 1 aliphatic rings.